The number of rotatable bonds is 6. The van der Waals surface area contributed by atoms with Crippen molar-refractivity contribution in [2.45, 2.75) is 30.9 Å². The second-order valence-corrected chi connectivity index (χ2v) is 8.93. The molecule has 1 amide bonds. The Morgan fingerprint density at radius 2 is 2.03 bits per heavy atom. The average Bonchev–Trinajstić information content (AvgIpc) is 2.66. The lowest BCUT2D eigenvalue weighted by atomic mass is 9.94. The third kappa shape index (κ3) is 6.05. The summed E-state index contributed by atoms with van der Waals surface area (Å²) in [6.45, 7) is 2.41. The Balaban J connectivity index is 1.84. The molecule has 0 aromatic heterocycles. The topological polar surface area (TPSA) is 105 Å². The molecule has 0 saturated carbocycles. The van der Waals surface area contributed by atoms with Gasteiger partial charge in [0, 0.05) is 46.5 Å². The van der Waals surface area contributed by atoms with Gasteiger partial charge in [-0.2, -0.15) is 0 Å². The third-order valence-electron chi connectivity index (χ3n) is 4.84. The summed E-state index contributed by atoms with van der Waals surface area (Å²) in [5.74, 6) is -0.842. The second-order valence-electron chi connectivity index (χ2n) is 7.63. The predicted octanol–water partition coefficient (Wildman–Crippen LogP) is 5.13. The van der Waals surface area contributed by atoms with E-state index < -0.39 is 22.0 Å². The number of nitro groups is 1. The van der Waals surface area contributed by atoms with Crippen LogP contribution in [0.25, 0.3) is 0 Å². The Labute approximate surface area is 195 Å². The highest BCUT2D eigenvalue weighted by Crippen LogP contribution is 2.40. The van der Waals surface area contributed by atoms with Crippen LogP contribution in [0, 0.1) is 10.1 Å². The molecule has 2 aromatic carbocycles. The molecular weight excluding hydrogens is 516 g/mol. The highest BCUT2D eigenvalue weighted by atomic mass is 79.9. The number of nitrogens with zero attached hydrogens (tertiary/aromatic N) is 2. The molecule has 0 bridgehead atoms. The molecule has 2 aromatic rings. The number of carbonyl (C=O) groups excluding carboxylic acids is 1. The fourth-order valence-electron chi connectivity index (χ4n) is 3.52. The first-order valence-corrected chi connectivity index (χ1v) is 10.6. The number of nitrogens with one attached hydrogen (secondary N) is 1. The summed E-state index contributed by atoms with van der Waals surface area (Å²) in [5, 5.41) is 24.6. The molecule has 1 saturated heterocycles. The number of nitro benzene ring substituents is 1. The monoisotopic (exact) mass is 533 g/mol. The number of alkyl halides is 3. The van der Waals surface area contributed by atoms with Crippen molar-refractivity contribution in [2.75, 3.05) is 23.3 Å². The SMILES string of the molecule is CC1(O)CCCN(c2c(Br)cc(C(=O)Nc3ccc(OC(F)(F)Cl)cc3)cc2[N+](=O)[O-])C1. The molecule has 1 atom stereocenters. The van der Waals surface area contributed by atoms with Crippen LogP contribution in [0.15, 0.2) is 40.9 Å². The molecule has 3 rings (SSSR count). The quantitative estimate of drug-likeness (QED) is 0.302. The number of amides is 1. The van der Waals surface area contributed by atoms with E-state index in [9.17, 15) is 28.8 Å². The molecule has 32 heavy (non-hydrogen) atoms. The molecular formula is C20H19BrClF2N3O5. The van der Waals surface area contributed by atoms with Gasteiger partial charge in [-0.3, -0.25) is 14.9 Å². The number of β-amino-alcohol motifs (C(OH)–C–C–N with tert-alkyl or cyclic N) is 1. The van der Waals surface area contributed by atoms with Crippen molar-refractivity contribution in [2.24, 2.45) is 0 Å². The Kier molecular flexibility index (Phi) is 6.91. The van der Waals surface area contributed by atoms with Crippen molar-refractivity contribution in [3.05, 3.63) is 56.5 Å². The van der Waals surface area contributed by atoms with Gasteiger partial charge >= 0.3 is 5.57 Å². The van der Waals surface area contributed by atoms with Crippen LogP contribution in [0.1, 0.15) is 30.1 Å². The number of benzene rings is 2. The van der Waals surface area contributed by atoms with E-state index in [4.69, 9.17) is 11.6 Å². The minimum atomic E-state index is -3.86. The highest BCUT2D eigenvalue weighted by Gasteiger charge is 2.33. The van der Waals surface area contributed by atoms with Gasteiger partial charge < -0.3 is 20.1 Å². The molecule has 1 fully saturated rings. The molecule has 1 heterocycles. The number of carbonyl (C=O) groups is 1. The molecule has 1 aliphatic heterocycles. The smallest absolute Gasteiger partial charge is 0.420 e. The van der Waals surface area contributed by atoms with E-state index in [0.717, 1.165) is 6.07 Å². The molecule has 1 aliphatic rings. The van der Waals surface area contributed by atoms with E-state index in [1.54, 1.807) is 11.8 Å². The summed E-state index contributed by atoms with van der Waals surface area (Å²) in [5.41, 5.74) is -4.56. The third-order valence-corrected chi connectivity index (χ3v) is 5.52. The largest absolute Gasteiger partial charge is 0.487 e. The first kappa shape index (κ1) is 24.1. The van der Waals surface area contributed by atoms with Crippen LogP contribution in [-0.4, -0.2) is 40.2 Å². The van der Waals surface area contributed by atoms with Gasteiger partial charge in [-0.1, -0.05) is 0 Å². The molecule has 1 unspecified atom stereocenters. The maximum Gasteiger partial charge on any atom is 0.487 e. The first-order chi connectivity index (χ1) is 14.8. The molecule has 8 nitrogen and oxygen atoms in total. The number of piperidine rings is 1. The zero-order chi connectivity index (χ0) is 23.7. The summed E-state index contributed by atoms with van der Waals surface area (Å²) in [6.07, 6.45) is 1.25. The fourth-order valence-corrected chi connectivity index (χ4v) is 4.31. The van der Waals surface area contributed by atoms with Gasteiger partial charge in [0.05, 0.1) is 10.5 Å². The van der Waals surface area contributed by atoms with E-state index in [-0.39, 0.29) is 34.9 Å². The Bertz CT molecular complexity index is 1030. The van der Waals surface area contributed by atoms with Crippen LogP contribution in [0.4, 0.5) is 25.8 Å². The number of halogens is 4. The molecule has 2 N–H and O–H groups in total. The van der Waals surface area contributed by atoms with Crippen LogP contribution < -0.4 is 15.0 Å². The summed E-state index contributed by atoms with van der Waals surface area (Å²) >= 11 is 8.03. The summed E-state index contributed by atoms with van der Waals surface area (Å²) in [6, 6.07) is 7.63. The maximum absolute atomic E-state index is 12.7. The van der Waals surface area contributed by atoms with Gasteiger partial charge in [0.2, 0.25) is 0 Å². The van der Waals surface area contributed by atoms with E-state index in [1.807, 2.05) is 0 Å². The van der Waals surface area contributed by atoms with Crippen molar-refractivity contribution < 1.29 is 28.3 Å². The zero-order valence-corrected chi connectivity index (χ0v) is 19.1. The van der Waals surface area contributed by atoms with Gasteiger partial charge in [0.25, 0.3) is 11.6 Å². The fraction of sp³-hybridized carbons (Fsp3) is 0.350. The van der Waals surface area contributed by atoms with Crippen LogP contribution in [0.5, 0.6) is 5.75 Å². The predicted molar refractivity (Wildman–Crippen MR) is 119 cm³/mol. The standard InChI is InChI=1S/C20H19BrClF2N3O5/c1-19(29)7-2-8-26(11-19)17-15(21)9-12(10-16(17)27(30)31)18(28)25-13-3-5-14(6-4-13)32-20(22,23)24/h3-6,9-10,29H,2,7-8,11H2,1H3,(H,25,28). The minimum absolute atomic E-state index is 0.0173. The minimum Gasteiger partial charge on any atom is -0.420 e. The van der Waals surface area contributed by atoms with Gasteiger partial charge in [0.1, 0.15) is 11.4 Å². The van der Waals surface area contributed by atoms with Crippen LogP contribution in [-0.2, 0) is 0 Å². The van der Waals surface area contributed by atoms with E-state index >= 15 is 0 Å². The van der Waals surface area contributed by atoms with Gasteiger partial charge in [-0.25, -0.2) is 0 Å². The van der Waals surface area contributed by atoms with Crippen molar-refractivity contribution in [3.63, 3.8) is 0 Å². The second kappa shape index (κ2) is 9.16. The number of anilines is 2. The van der Waals surface area contributed by atoms with E-state index in [0.29, 0.717) is 23.9 Å². The van der Waals surface area contributed by atoms with Gasteiger partial charge in [0.15, 0.2) is 0 Å². The Morgan fingerprint density at radius 3 is 2.59 bits per heavy atom. The zero-order valence-electron chi connectivity index (χ0n) is 16.8. The number of hydrogen-bond acceptors (Lipinski definition) is 6. The normalized spacial score (nSPS) is 18.9. The Hall–Kier alpha value is -2.50. The number of hydrogen-bond donors (Lipinski definition) is 2. The van der Waals surface area contributed by atoms with Crippen LogP contribution >= 0.6 is 27.5 Å². The lowest BCUT2D eigenvalue weighted by Crippen LogP contribution is -2.46. The maximum atomic E-state index is 12.7. The molecule has 0 aliphatic carbocycles. The number of ether oxygens (including phenoxy) is 1. The highest BCUT2D eigenvalue weighted by molar-refractivity contribution is 9.10. The van der Waals surface area contributed by atoms with Crippen molar-refractivity contribution >= 4 is 50.5 Å². The van der Waals surface area contributed by atoms with Gasteiger partial charge in [-0.15, -0.1) is 8.78 Å². The lowest BCUT2D eigenvalue weighted by molar-refractivity contribution is -0.384. The van der Waals surface area contributed by atoms with Crippen LogP contribution in [0.3, 0.4) is 0 Å². The number of aliphatic hydroxyl groups is 1. The summed E-state index contributed by atoms with van der Waals surface area (Å²) < 4.78 is 29.9. The average molecular weight is 535 g/mol. The first-order valence-electron chi connectivity index (χ1n) is 9.47. The van der Waals surface area contributed by atoms with Crippen molar-refractivity contribution in [1.82, 2.24) is 0 Å². The lowest BCUT2D eigenvalue weighted by Gasteiger charge is -2.38. The molecule has 12 heteroatoms. The molecule has 0 spiro atoms. The van der Waals surface area contributed by atoms with Crippen LogP contribution in [0.2, 0.25) is 0 Å². The molecule has 0 radical (unpaired) electrons. The summed E-state index contributed by atoms with van der Waals surface area (Å²) in [7, 11) is 0. The summed E-state index contributed by atoms with van der Waals surface area (Å²) in [4.78, 5) is 25.5. The van der Waals surface area contributed by atoms with Crippen molar-refractivity contribution in [1.29, 1.82) is 0 Å². The van der Waals surface area contributed by atoms with Gasteiger partial charge in [-0.05, 0) is 66.0 Å². The van der Waals surface area contributed by atoms with Crippen molar-refractivity contribution in [3.8, 4) is 5.75 Å². The van der Waals surface area contributed by atoms with E-state index in [1.165, 1.54) is 30.3 Å². The Morgan fingerprint density at radius 1 is 1.38 bits per heavy atom. The van der Waals surface area contributed by atoms with E-state index in [2.05, 4.69) is 26.0 Å². The molecule has 172 valence electrons.